The standard InChI is InChI=1S/C19H14F4N2O7/c1-29-8-31-14-5-9(3-4-11(14)20)12-7-13(32-24-12)10-6-15(30-2)18(26)17(25(27)28)16(10)19(21,22)23/h3-7,26H,8H2,1-2H3. The average molecular weight is 458 g/mol. The molecule has 9 nitrogen and oxygen atoms in total. The second kappa shape index (κ2) is 8.70. The number of aromatic hydroxyl groups is 1. The van der Waals surface area contributed by atoms with Crippen LogP contribution in [-0.4, -0.2) is 36.2 Å². The molecule has 0 saturated carbocycles. The van der Waals surface area contributed by atoms with E-state index < -0.39 is 51.0 Å². The molecule has 0 radical (unpaired) electrons. The van der Waals surface area contributed by atoms with E-state index in [9.17, 15) is 32.8 Å². The summed E-state index contributed by atoms with van der Waals surface area (Å²) in [4.78, 5) is 9.93. The number of rotatable bonds is 7. The number of ether oxygens (including phenoxy) is 3. The van der Waals surface area contributed by atoms with Crippen molar-refractivity contribution in [1.29, 1.82) is 0 Å². The first kappa shape index (κ1) is 22.8. The molecule has 0 aliphatic rings. The molecule has 0 spiro atoms. The van der Waals surface area contributed by atoms with Crippen LogP contribution in [0.5, 0.6) is 17.2 Å². The van der Waals surface area contributed by atoms with Crippen molar-refractivity contribution in [2.75, 3.05) is 21.0 Å². The topological polar surface area (TPSA) is 117 Å². The number of hydrogen-bond acceptors (Lipinski definition) is 8. The molecule has 0 fully saturated rings. The van der Waals surface area contributed by atoms with Gasteiger partial charge in [-0.25, -0.2) is 4.39 Å². The number of phenolic OH excluding ortho intramolecular Hbond substituents is 1. The maximum atomic E-state index is 13.9. The minimum absolute atomic E-state index is 0.00918. The zero-order valence-corrected chi connectivity index (χ0v) is 16.4. The Bertz CT molecular complexity index is 1160. The molecule has 1 N–H and O–H groups in total. The van der Waals surface area contributed by atoms with E-state index in [2.05, 4.69) is 5.16 Å². The molecule has 0 amide bonds. The molecule has 0 unspecified atom stereocenters. The van der Waals surface area contributed by atoms with Crippen LogP contribution in [0.3, 0.4) is 0 Å². The molecule has 0 aliphatic heterocycles. The number of methoxy groups -OCH3 is 2. The number of aromatic nitrogens is 1. The van der Waals surface area contributed by atoms with Crippen molar-refractivity contribution in [2.45, 2.75) is 6.18 Å². The summed E-state index contributed by atoms with van der Waals surface area (Å²) in [5.74, 6) is -3.28. The second-order valence-electron chi connectivity index (χ2n) is 6.23. The van der Waals surface area contributed by atoms with E-state index in [1.807, 2.05) is 0 Å². The van der Waals surface area contributed by atoms with Crippen molar-refractivity contribution in [1.82, 2.24) is 5.16 Å². The average Bonchev–Trinajstić information content (AvgIpc) is 3.22. The molecule has 2 aromatic carbocycles. The van der Waals surface area contributed by atoms with E-state index in [-0.39, 0.29) is 23.8 Å². The van der Waals surface area contributed by atoms with Crippen molar-refractivity contribution >= 4 is 5.69 Å². The zero-order chi connectivity index (χ0) is 23.6. The van der Waals surface area contributed by atoms with Crippen molar-refractivity contribution in [2.24, 2.45) is 0 Å². The highest BCUT2D eigenvalue weighted by molar-refractivity contribution is 5.78. The summed E-state index contributed by atoms with van der Waals surface area (Å²) in [6.07, 6.45) is -5.23. The van der Waals surface area contributed by atoms with E-state index in [1.54, 1.807) is 0 Å². The van der Waals surface area contributed by atoms with Gasteiger partial charge in [0, 0.05) is 24.3 Å². The molecule has 0 bridgehead atoms. The van der Waals surface area contributed by atoms with E-state index >= 15 is 0 Å². The largest absolute Gasteiger partial charge is 0.500 e. The van der Waals surface area contributed by atoms with Gasteiger partial charge in [0.15, 0.2) is 29.9 Å². The second-order valence-corrected chi connectivity index (χ2v) is 6.23. The fraction of sp³-hybridized carbons (Fsp3) is 0.211. The van der Waals surface area contributed by atoms with Crippen LogP contribution in [0.15, 0.2) is 34.9 Å². The Kier molecular flexibility index (Phi) is 6.20. The molecule has 0 atom stereocenters. The van der Waals surface area contributed by atoms with Gasteiger partial charge in [-0.2, -0.15) is 13.2 Å². The molecule has 13 heteroatoms. The number of nitrogens with zero attached hydrogens (tertiary/aromatic N) is 2. The Labute approximate surface area is 176 Å². The molecule has 1 heterocycles. The van der Waals surface area contributed by atoms with Crippen molar-refractivity contribution in [3.05, 3.63) is 51.8 Å². The number of alkyl halides is 3. The van der Waals surface area contributed by atoms with Crippen LogP contribution in [0.25, 0.3) is 22.6 Å². The lowest BCUT2D eigenvalue weighted by Crippen LogP contribution is -2.11. The van der Waals surface area contributed by atoms with Gasteiger partial charge in [0.25, 0.3) is 0 Å². The normalized spacial score (nSPS) is 11.4. The predicted octanol–water partition coefficient (Wildman–Crippen LogP) is 4.77. The molecule has 0 aliphatic carbocycles. The zero-order valence-electron chi connectivity index (χ0n) is 16.4. The summed E-state index contributed by atoms with van der Waals surface area (Å²) in [6.45, 7) is -0.254. The first-order valence-electron chi connectivity index (χ1n) is 8.62. The summed E-state index contributed by atoms with van der Waals surface area (Å²) >= 11 is 0. The van der Waals surface area contributed by atoms with Gasteiger partial charge in [-0.1, -0.05) is 5.16 Å². The van der Waals surface area contributed by atoms with Crippen LogP contribution in [0.1, 0.15) is 5.56 Å². The van der Waals surface area contributed by atoms with Gasteiger partial charge >= 0.3 is 11.9 Å². The van der Waals surface area contributed by atoms with Crippen LogP contribution in [0.2, 0.25) is 0 Å². The van der Waals surface area contributed by atoms with Crippen LogP contribution in [-0.2, 0) is 10.9 Å². The summed E-state index contributed by atoms with van der Waals surface area (Å²) in [5.41, 5.74) is -3.91. The van der Waals surface area contributed by atoms with Crippen molar-refractivity contribution in [3.63, 3.8) is 0 Å². The third kappa shape index (κ3) is 4.27. The number of hydrogen-bond donors (Lipinski definition) is 1. The molecule has 1 aromatic heterocycles. The molecule has 0 saturated heterocycles. The monoisotopic (exact) mass is 458 g/mol. The fourth-order valence-corrected chi connectivity index (χ4v) is 2.88. The smallest absolute Gasteiger partial charge is 0.423 e. The highest BCUT2D eigenvalue weighted by atomic mass is 19.4. The number of nitro benzene ring substituents is 1. The third-order valence-electron chi connectivity index (χ3n) is 4.26. The summed E-state index contributed by atoms with van der Waals surface area (Å²) in [5, 5.41) is 24.9. The predicted molar refractivity (Wildman–Crippen MR) is 99.7 cm³/mol. The lowest BCUT2D eigenvalue weighted by atomic mass is 10.00. The van der Waals surface area contributed by atoms with E-state index in [1.165, 1.54) is 19.2 Å². The Morgan fingerprint density at radius 3 is 2.50 bits per heavy atom. The SMILES string of the molecule is COCOc1cc(-c2cc(-c3cc(OC)c(O)c([N+](=O)[O-])c3C(F)(F)F)on2)ccc1F. The van der Waals surface area contributed by atoms with E-state index in [0.717, 1.165) is 25.3 Å². The number of phenols is 1. The number of nitro groups is 1. The molecular weight excluding hydrogens is 444 g/mol. The first-order chi connectivity index (χ1) is 15.1. The minimum atomic E-state index is -5.23. The lowest BCUT2D eigenvalue weighted by Gasteiger charge is -2.14. The first-order valence-corrected chi connectivity index (χ1v) is 8.62. The Morgan fingerprint density at radius 1 is 1.19 bits per heavy atom. The Balaban J connectivity index is 2.17. The van der Waals surface area contributed by atoms with Crippen LogP contribution in [0, 0.1) is 15.9 Å². The molecule has 32 heavy (non-hydrogen) atoms. The molecular formula is C19H14F4N2O7. The Morgan fingerprint density at radius 2 is 1.91 bits per heavy atom. The van der Waals surface area contributed by atoms with Crippen molar-refractivity contribution in [3.8, 4) is 39.8 Å². The lowest BCUT2D eigenvalue weighted by molar-refractivity contribution is -0.389. The highest BCUT2D eigenvalue weighted by Gasteiger charge is 2.45. The van der Waals surface area contributed by atoms with Crippen LogP contribution < -0.4 is 9.47 Å². The van der Waals surface area contributed by atoms with Gasteiger partial charge in [-0.3, -0.25) is 10.1 Å². The van der Waals surface area contributed by atoms with Gasteiger partial charge < -0.3 is 23.8 Å². The number of halogens is 4. The highest BCUT2D eigenvalue weighted by Crippen LogP contribution is 2.50. The summed E-state index contributed by atoms with van der Waals surface area (Å²) in [6, 6.07) is 5.36. The quantitative estimate of drug-likeness (QED) is 0.233. The van der Waals surface area contributed by atoms with E-state index in [4.69, 9.17) is 18.7 Å². The fourth-order valence-electron chi connectivity index (χ4n) is 2.88. The maximum absolute atomic E-state index is 13.9. The van der Waals surface area contributed by atoms with Crippen molar-refractivity contribution < 1.29 is 46.3 Å². The van der Waals surface area contributed by atoms with Gasteiger partial charge in [0.05, 0.1) is 12.0 Å². The third-order valence-corrected chi connectivity index (χ3v) is 4.26. The van der Waals surface area contributed by atoms with Crippen LogP contribution in [0.4, 0.5) is 23.2 Å². The van der Waals surface area contributed by atoms with Gasteiger partial charge in [0.2, 0.25) is 5.75 Å². The Hall–Kier alpha value is -3.87. The van der Waals surface area contributed by atoms with E-state index in [0.29, 0.717) is 0 Å². The number of benzene rings is 2. The molecule has 3 rings (SSSR count). The maximum Gasteiger partial charge on any atom is 0.423 e. The van der Waals surface area contributed by atoms with Gasteiger partial charge in [-0.05, 0) is 24.3 Å². The molecule has 3 aromatic rings. The summed E-state index contributed by atoms with van der Waals surface area (Å²) < 4.78 is 74.6. The minimum Gasteiger partial charge on any atom is -0.500 e. The molecule has 170 valence electrons. The summed E-state index contributed by atoms with van der Waals surface area (Å²) in [7, 11) is 2.34. The van der Waals surface area contributed by atoms with Gasteiger partial charge in [-0.15, -0.1) is 0 Å². The van der Waals surface area contributed by atoms with Gasteiger partial charge in [0.1, 0.15) is 11.3 Å². The van der Waals surface area contributed by atoms with Crippen LogP contribution >= 0.6 is 0 Å².